The summed E-state index contributed by atoms with van der Waals surface area (Å²) in [4.78, 5) is 17.4. The Morgan fingerprint density at radius 2 is 2.04 bits per heavy atom. The SMILES string of the molecule is CCOc1ccc(CNC(=O)c2cc(C(C)C)nc3onc(C)c23)cc1OC. The van der Waals surface area contributed by atoms with E-state index >= 15 is 0 Å². The lowest BCUT2D eigenvalue weighted by Gasteiger charge is -2.12. The fourth-order valence-corrected chi connectivity index (χ4v) is 2.96. The van der Waals surface area contributed by atoms with E-state index in [1.165, 1.54) is 0 Å². The monoisotopic (exact) mass is 383 g/mol. The van der Waals surface area contributed by atoms with Crippen molar-refractivity contribution < 1.29 is 18.8 Å². The third-order valence-corrected chi connectivity index (χ3v) is 4.45. The zero-order valence-corrected chi connectivity index (χ0v) is 16.8. The number of amides is 1. The molecule has 0 radical (unpaired) electrons. The summed E-state index contributed by atoms with van der Waals surface area (Å²) >= 11 is 0. The van der Waals surface area contributed by atoms with Crippen LogP contribution in [-0.4, -0.2) is 29.8 Å². The van der Waals surface area contributed by atoms with Gasteiger partial charge in [0.15, 0.2) is 11.5 Å². The summed E-state index contributed by atoms with van der Waals surface area (Å²) in [6, 6.07) is 7.42. The number of pyridine rings is 1. The van der Waals surface area contributed by atoms with Gasteiger partial charge in [0.25, 0.3) is 11.6 Å². The van der Waals surface area contributed by atoms with Gasteiger partial charge in [-0.05, 0) is 43.5 Å². The highest BCUT2D eigenvalue weighted by atomic mass is 16.5. The quantitative estimate of drug-likeness (QED) is 0.664. The predicted molar refractivity (Wildman–Crippen MR) is 106 cm³/mol. The number of benzene rings is 1. The van der Waals surface area contributed by atoms with Gasteiger partial charge in [0.05, 0.1) is 30.4 Å². The van der Waals surface area contributed by atoms with Crippen molar-refractivity contribution >= 4 is 17.0 Å². The highest BCUT2D eigenvalue weighted by molar-refractivity contribution is 6.06. The molecule has 28 heavy (non-hydrogen) atoms. The van der Waals surface area contributed by atoms with Crippen LogP contribution in [0.4, 0.5) is 0 Å². The molecule has 1 amide bonds. The second kappa shape index (κ2) is 8.29. The summed E-state index contributed by atoms with van der Waals surface area (Å²) in [7, 11) is 1.59. The van der Waals surface area contributed by atoms with E-state index in [1.807, 2.05) is 45.0 Å². The number of fused-ring (bicyclic) bond motifs is 1. The number of ether oxygens (including phenoxy) is 2. The second-order valence-electron chi connectivity index (χ2n) is 6.80. The van der Waals surface area contributed by atoms with Gasteiger partial charge in [0.2, 0.25) is 0 Å². The van der Waals surface area contributed by atoms with E-state index in [9.17, 15) is 4.79 Å². The first-order valence-electron chi connectivity index (χ1n) is 9.29. The van der Waals surface area contributed by atoms with Gasteiger partial charge >= 0.3 is 0 Å². The van der Waals surface area contributed by atoms with Crippen LogP contribution >= 0.6 is 0 Å². The van der Waals surface area contributed by atoms with E-state index < -0.39 is 0 Å². The molecule has 0 saturated heterocycles. The minimum atomic E-state index is -0.201. The Morgan fingerprint density at radius 1 is 1.25 bits per heavy atom. The molecule has 3 rings (SSSR count). The van der Waals surface area contributed by atoms with Crippen LogP contribution in [0, 0.1) is 6.92 Å². The molecule has 0 aliphatic carbocycles. The van der Waals surface area contributed by atoms with E-state index in [2.05, 4.69) is 15.5 Å². The topological polar surface area (TPSA) is 86.5 Å². The maximum atomic E-state index is 12.9. The Balaban J connectivity index is 1.85. The summed E-state index contributed by atoms with van der Waals surface area (Å²) in [6.45, 7) is 8.67. The number of hydrogen-bond acceptors (Lipinski definition) is 6. The average molecular weight is 383 g/mol. The number of carbonyl (C=O) groups excluding carboxylic acids is 1. The fraction of sp³-hybridized carbons (Fsp3) is 0.381. The average Bonchev–Trinajstić information content (AvgIpc) is 3.07. The molecule has 2 heterocycles. The highest BCUT2D eigenvalue weighted by Gasteiger charge is 2.19. The number of aryl methyl sites for hydroxylation is 1. The lowest BCUT2D eigenvalue weighted by Crippen LogP contribution is -2.23. The number of nitrogens with one attached hydrogen (secondary N) is 1. The molecule has 148 valence electrons. The Morgan fingerprint density at radius 3 is 2.71 bits per heavy atom. The van der Waals surface area contributed by atoms with E-state index in [1.54, 1.807) is 14.0 Å². The summed E-state index contributed by atoms with van der Waals surface area (Å²) in [5.41, 5.74) is 3.24. The van der Waals surface area contributed by atoms with Crippen LogP contribution in [0.1, 0.15) is 54.0 Å². The molecule has 1 aromatic carbocycles. The third kappa shape index (κ3) is 3.93. The summed E-state index contributed by atoms with van der Waals surface area (Å²) in [5.74, 6) is 1.28. The van der Waals surface area contributed by atoms with E-state index in [0.717, 1.165) is 11.3 Å². The van der Waals surface area contributed by atoms with Crippen molar-refractivity contribution in [3.8, 4) is 11.5 Å². The van der Waals surface area contributed by atoms with Crippen LogP contribution in [0.5, 0.6) is 11.5 Å². The normalized spacial score (nSPS) is 11.1. The van der Waals surface area contributed by atoms with Gasteiger partial charge in [-0.2, -0.15) is 0 Å². The number of hydrogen-bond donors (Lipinski definition) is 1. The molecule has 0 fully saturated rings. The minimum absolute atomic E-state index is 0.164. The molecule has 2 aromatic heterocycles. The summed E-state index contributed by atoms with van der Waals surface area (Å²) < 4.78 is 16.2. The molecule has 1 N–H and O–H groups in total. The number of aromatic nitrogens is 2. The van der Waals surface area contributed by atoms with Gasteiger partial charge in [-0.1, -0.05) is 25.1 Å². The predicted octanol–water partition coefficient (Wildman–Crippen LogP) is 3.99. The smallest absolute Gasteiger partial charge is 0.259 e. The van der Waals surface area contributed by atoms with Gasteiger partial charge < -0.3 is 19.3 Å². The Hall–Kier alpha value is -3.09. The van der Waals surface area contributed by atoms with Gasteiger partial charge in [-0.3, -0.25) is 4.79 Å². The van der Waals surface area contributed by atoms with Crippen LogP contribution < -0.4 is 14.8 Å². The second-order valence-corrected chi connectivity index (χ2v) is 6.80. The van der Waals surface area contributed by atoms with Gasteiger partial charge in [0.1, 0.15) is 0 Å². The van der Waals surface area contributed by atoms with E-state index in [0.29, 0.717) is 47.0 Å². The number of rotatable bonds is 7. The van der Waals surface area contributed by atoms with Crippen molar-refractivity contribution in [2.24, 2.45) is 0 Å². The molecule has 0 saturated carbocycles. The molecule has 0 atom stereocenters. The van der Waals surface area contributed by atoms with Crippen LogP contribution in [0.25, 0.3) is 11.1 Å². The Bertz CT molecular complexity index is 995. The molecule has 0 unspecified atom stereocenters. The van der Waals surface area contributed by atoms with Crippen LogP contribution in [-0.2, 0) is 6.54 Å². The van der Waals surface area contributed by atoms with E-state index in [4.69, 9.17) is 14.0 Å². The van der Waals surface area contributed by atoms with E-state index in [-0.39, 0.29) is 11.8 Å². The third-order valence-electron chi connectivity index (χ3n) is 4.45. The number of nitrogens with zero attached hydrogens (tertiary/aromatic N) is 2. The van der Waals surface area contributed by atoms with Gasteiger partial charge in [-0.25, -0.2) is 4.98 Å². The number of carbonyl (C=O) groups is 1. The lowest BCUT2D eigenvalue weighted by molar-refractivity contribution is 0.0952. The molecule has 0 aliphatic rings. The van der Waals surface area contributed by atoms with Crippen molar-refractivity contribution in [3.05, 3.63) is 46.8 Å². The molecule has 0 aliphatic heterocycles. The molecular formula is C21H25N3O4. The fourth-order valence-electron chi connectivity index (χ4n) is 2.96. The molecule has 7 heteroatoms. The van der Waals surface area contributed by atoms with Crippen molar-refractivity contribution in [1.29, 1.82) is 0 Å². The standard InChI is InChI=1S/C21H25N3O4/c1-6-27-17-8-7-14(9-18(17)26-5)11-22-20(25)15-10-16(12(2)3)23-21-19(15)13(4)24-28-21/h7-10,12H,6,11H2,1-5H3,(H,22,25). The van der Waals surface area contributed by atoms with Crippen molar-refractivity contribution in [2.45, 2.75) is 40.2 Å². The van der Waals surface area contributed by atoms with Crippen LogP contribution in [0.3, 0.4) is 0 Å². The van der Waals surface area contributed by atoms with Crippen LogP contribution in [0.15, 0.2) is 28.8 Å². The lowest BCUT2D eigenvalue weighted by atomic mass is 10.0. The zero-order valence-electron chi connectivity index (χ0n) is 16.8. The molecule has 7 nitrogen and oxygen atoms in total. The minimum Gasteiger partial charge on any atom is -0.493 e. The Labute approximate surface area is 164 Å². The summed E-state index contributed by atoms with van der Waals surface area (Å²) in [6.07, 6.45) is 0. The van der Waals surface area contributed by atoms with Crippen molar-refractivity contribution in [1.82, 2.24) is 15.5 Å². The molecular weight excluding hydrogens is 358 g/mol. The highest BCUT2D eigenvalue weighted by Crippen LogP contribution is 2.28. The first-order valence-corrected chi connectivity index (χ1v) is 9.29. The van der Waals surface area contributed by atoms with Gasteiger partial charge in [-0.15, -0.1) is 0 Å². The number of methoxy groups -OCH3 is 1. The Kier molecular flexibility index (Phi) is 5.82. The first-order chi connectivity index (χ1) is 13.4. The summed E-state index contributed by atoms with van der Waals surface area (Å²) in [5, 5.41) is 7.56. The first kappa shape index (κ1) is 19.7. The van der Waals surface area contributed by atoms with Crippen LogP contribution in [0.2, 0.25) is 0 Å². The molecule has 3 aromatic rings. The van der Waals surface area contributed by atoms with Crippen molar-refractivity contribution in [2.75, 3.05) is 13.7 Å². The molecule has 0 bridgehead atoms. The largest absolute Gasteiger partial charge is 0.493 e. The van der Waals surface area contributed by atoms with Gasteiger partial charge in [0, 0.05) is 12.2 Å². The van der Waals surface area contributed by atoms with Crippen molar-refractivity contribution in [3.63, 3.8) is 0 Å². The maximum Gasteiger partial charge on any atom is 0.259 e. The molecule has 0 spiro atoms. The zero-order chi connectivity index (χ0) is 20.3. The maximum absolute atomic E-state index is 12.9.